The van der Waals surface area contributed by atoms with Gasteiger partial charge in [-0.15, -0.1) is 24.0 Å². The molecule has 1 aromatic rings. The molecule has 0 saturated heterocycles. The standard InChI is InChI=1S/C19H33N5O4S.HI/c1-5-6-7-8-9-15(2)23-19(20-3)22-13-12-21-17-11-10-16(29(4,27)28)14-18(17)24(25)26;/h10-11,14-15,21H,5-9,12-13H2,1-4H3,(H2,20,22,23);1H. The number of hydrogen-bond acceptors (Lipinski definition) is 6. The van der Waals surface area contributed by atoms with Crippen molar-refractivity contribution in [2.45, 2.75) is 56.9 Å². The summed E-state index contributed by atoms with van der Waals surface area (Å²) in [4.78, 5) is 14.8. The largest absolute Gasteiger partial charge is 0.378 e. The molecule has 9 nitrogen and oxygen atoms in total. The lowest BCUT2D eigenvalue weighted by Crippen LogP contribution is -2.43. The molecule has 0 fully saturated rings. The van der Waals surface area contributed by atoms with Crippen molar-refractivity contribution in [1.29, 1.82) is 0 Å². The summed E-state index contributed by atoms with van der Waals surface area (Å²) in [6, 6.07) is 4.15. The van der Waals surface area contributed by atoms with E-state index in [0.29, 0.717) is 25.1 Å². The van der Waals surface area contributed by atoms with Crippen molar-refractivity contribution in [1.82, 2.24) is 10.6 Å². The molecule has 172 valence electrons. The first-order chi connectivity index (χ1) is 13.7. The molecule has 1 aromatic carbocycles. The van der Waals surface area contributed by atoms with E-state index in [1.165, 1.54) is 37.8 Å². The number of nitrogens with zero attached hydrogens (tertiary/aromatic N) is 2. The maximum Gasteiger partial charge on any atom is 0.293 e. The van der Waals surface area contributed by atoms with Gasteiger partial charge in [0, 0.05) is 38.5 Å². The summed E-state index contributed by atoms with van der Waals surface area (Å²) in [5.74, 6) is 0.678. The van der Waals surface area contributed by atoms with Gasteiger partial charge in [0.2, 0.25) is 0 Å². The van der Waals surface area contributed by atoms with E-state index in [1.807, 2.05) is 0 Å². The molecule has 1 atom stereocenters. The fraction of sp³-hybridized carbons (Fsp3) is 0.632. The Labute approximate surface area is 196 Å². The Morgan fingerprint density at radius 3 is 2.50 bits per heavy atom. The monoisotopic (exact) mass is 555 g/mol. The molecule has 30 heavy (non-hydrogen) atoms. The summed E-state index contributed by atoms with van der Waals surface area (Å²) in [6.07, 6.45) is 6.96. The Morgan fingerprint density at radius 2 is 1.93 bits per heavy atom. The molecule has 0 aliphatic heterocycles. The minimum Gasteiger partial charge on any atom is -0.378 e. The van der Waals surface area contributed by atoms with Gasteiger partial charge in [-0.25, -0.2) is 8.42 Å². The SMILES string of the molecule is CCCCCCC(C)NC(=NC)NCCNc1ccc(S(C)(=O)=O)cc1[N+](=O)[O-].I. The molecular weight excluding hydrogens is 521 g/mol. The quantitative estimate of drug-likeness (QED) is 0.0900. The number of benzene rings is 1. The molecule has 0 amide bonds. The second-order valence-electron chi connectivity index (χ2n) is 7.03. The van der Waals surface area contributed by atoms with E-state index < -0.39 is 14.8 Å². The van der Waals surface area contributed by atoms with Crippen molar-refractivity contribution in [2.75, 3.05) is 31.7 Å². The number of hydrogen-bond donors (Lipinski definition) is 3. The van der Waals surface area contributed by atoms with Crippen molar-refractivity contribution >= 4 is 51.1 Å². The number of aliphatic imine (C=N–C) groups is 1. The molecule has 0 aliphatic rings. The van der Waals surface area contributed by atoms with E-state index in [4.69, 9.17) is 0 Å². The van der Waals surface area contributed by atoms with Crippen LogP contribution in [0.1, 0.15) is 46.0 Å². The zero-order valence-corrected chi connectivity index (χ0v) is 21.2. The van der Waals surface area contributed by atoms with Crippen LogP contribution in [0.4, 0.5) is 11.4 Å². The van der Waals surface area contributed by atoms with Gasteiger partial charge in [0.1, 0.15) is 5.69 Å². The number of unbranched alkanes of at least 4 members (excludes halogenated alkanes) is 3. The third kappa shape index (κ3) is 10.4. The second kappa shape index (κ2) is 14.4. The first kappa shape index (κ1) is 28.4. The fourth-order valence-corrected chi connectivity index (χ4v) is 3.44. The van der Waals surface area contributed by atoms with E-state index in [-0.39, 0.29) is 40.2 Å². The van der Waals surface area contributed by atoms with Gasteiger partial charge in [-0.05, 0) is 25.5 Å². The van der Waals surface area contributed by atoms with Gasteiger partial charge in [0.25, 0.3) is 5.69 Å². The number of nitrogens with one attached hydrogen (secondary N) is 3. The van der Waals surface area contributed by atoms with Crippen LogP contribution in [-0.2, 0) is 9.84 Å². The van der Waals surface area contributed by atoms with Crippen molar-refractivity contribution in [3.63, 3.8) is 0 Å². The third-order valence-corrected chi connectivity index (χ3v) is 5.53. The Morgan fingerprint density at radius 1 is 1.23 bits per heavy atom. The summed E-state index contributed by atoms with van der Waals surface area (Å²) in [7, 11) is -1.81. The van der Waals surface area contributed by atoms with Gasteiger partial charge in [0.15, 0.2) is 15.8 Å². The Bertz CT molecular complexity index is 802. The van der Waals surface area contributed by atoms with Crippen LogP contribution in [0.2, 0.25) is 0 Å². The lowest BCUT2D eigenvalue weighted by atomic mass is 10.1. The van der Waals surface area contributed by atoms with Crippen LogP contribution in [0.3, 0.4) is 0 Å². The lowest BCUT2D eigenvalue weighted by Gasteiger charge is -2.18. The highest BCUT2D eigenvalue weighted by Gasteiger charge is 2.18. The van der Waals surface area contributed by atoms with E-state index in [9.17, 15) is 18.5 Å². The summed E-state index contributed by atoms with van der Waals surface area (Å²) >= 11 is 0. The first-order valence-electron chi connectivity index (χ1n) is 9.88. The predicted molar refractivity (Wildman–Crippen MR) is 133 cm³/mol. The van der Waals surface area contributed by atoms with Crippen LogP contribution >= 0.6 is 24.0 Å². The Balaban J connectivity index is 0.00000841. The second-order valence-corrected chi connectivity index (χ2v) is 9.04. The van der Waals surface area contributed by atoms with Crippen LogP contribution < -0.4 is 16.0 Å². The molecule has 0 aromatic heterocycles. The maximum absolute atomic E-state index is 11.6. The summed E-state index contributed by atoms with van der Waals surface area (Å²) < 4.78 is 23.2. The minimum atomic E-state index is -3.51. The zero-order valence-electron chi connectivity index (χ0n) is 18.1. The molecule has 11 heteroatoms. The van der Waals surface area contributed by atoms with Gasteiger partial charge in [-0.2, -0.15) is 0 Å². The molecule has 1 unspecified atom stereocenters. The minimum absolute atomic E-state index is 0. The van der Waals surface area contributed by atoms with E-state index in [0.717, 1.165) is 18.7 Å². The summed E-state index contributed by atoms with van der Waals surface area (Å²) in [6.45, 7) is 5.21. The predicted octanol–water partition coefficient (Wildman–Crippen LogP) is 3.55. The number of halogens is 1. The molecule has 0 saturated carbocycles. The van der Waals surface area contributed by atoms with Gasteiger partial charge in [-0.3, -0.25) is 15.1 Å². The summed E-state index contributed by atoms with van der Waals surface area (Å²) in [5, 5.41) is 20.7. The lowest BCUT2D eigenvalue weighted by molar-refractivity contribution is -0.384. The van der Waals surface area contributed by atoms with Crippen molar-refractivity contribution in [3.05, 3.63) is 28.3 Å². The first-order valence-corrected chi connectivity index (χ1v) is 11.8. The van der Waals surface area contributed by atoms with Gasteiger partial charge in [0.05, 0.1) is 9.82 Å². The van der Waals surface area contributed by atoms with Crippen molar-refractivity contribution in [2.24, 2.45) is 4.99 Å². The Hall–Kier alpha value is -1.63. The van der Waals surface area contributed by atoms with Crippen molar-refractivity contribution in [3.8, 4) is 0 Å². The van der Waals surface area contributed by atoms with Crippen LogP contribution in [0, 0.1) is 10.1 Å². The molecule has 1 rings (SSSR count). The highest BCUT2D eigenvalue weighted by molar-refractivity contribution is 14.0. The van der Waals surface area contributed by atoms with Gasteiger partial charge >= 0.3 is 0 Å². The molecule has 0 spiro atoms. The zero-order chi connectivity index (χ0) is 21.9. The number of nitro benzene ring substituents is 1. The average molecular weight is 555 g/mol. The number of guanidine groups is 1. The van der Waals surface area contributed by atoms with Crippen LogP contribution in [0.25, 0.3) is 0 Å². The van der Waals surface area contributed by atoms with Crippen LogP contribution in [-0.4, -0.2) is 51.7 Å². The number of nitro groups is 1. The number of anilines is 1. The normalized spacial score (nSPS) is 12.6. The highest BCUT2D eigenvalue weighted by atomic mass is 127. The van der Waals surface area contributed by atoms with E-state index in [1.54, 1.807) is 7.05 Å². The van der Waals surface area contributed by atoms with Gasteiger partial charge < -0.3 is 16.0 Å². The molecule has 0 bridgehead atoms. The topological polar surface area (TPSA) is 126 Å². The third-order valence-electron chi connectivity index (χ3n) is 4.42. The fourth-order valence-electron chi connectivity index (χ4n) is 2.80. The maximum atomic E-state index is 11.6. The van der Waals surface area contributed by atoms with Crippen LogP contribution in [0.5, 0.6) is 0 Å². The number of rotatable bonds is 12. The molecule has 3 N–H and O–H groups in total. The Kier molecular flexibility index (Phi) is 13.6. The smallest absolute Gasteiger partial charge is 0.293 e. The van der Waals surface area contributed by atoms with E-state index >= 15 is 0 Å². The highest BCUT2D eigenvalue weighted by Crippen LogP contribution is 2.27. The average Bonchev–Trinajstić information content (AvgIpc) is 2.66. The van der Waals surface area contributed by atoms with Crippen LogP contribution in [0.15, 0.2) is 28.1 Å². The van der Waals surface area contributed by atoms with Gasteiger partial charge in [-0.1, -0.05) is 32.6 Å². The van der Waals surface area contributed by atoms with Crippen molar-refractivity contribution < 1.29 is 13.3 Å². The van der Waals surface area contributed by atoms with E-state index in [2.05, 4.69) is 34.8 Å². The molecule has 0 radical (unpaired) electrons. The molecule has 0 aliphatic carbocycles. The molecule has 0 heterocycles. The summed E-state index contributed by atoms with van der Waals surface area (Å²) in [5.41, 5.74) is 0.00701. The molecular formula is C19H34IN5O4S. The number of sulfone groups is 1.